The predicted octanol–water partition coefficient (Wildman–Crippen LogP) is 3.82. The van der Waals surface area contributed by atoms with Crippen molar-refractivity contribution >= 4 is 34.9 Å². The summed E-state index contributed by atoms with van der Waals surface area (Å²) in [5.74, 6) is 0.714. The summed E-state index contributed by atoms with van der Waals surface area (Å²) in [5, 5.41) is 2.03. The SMILES string of the molecule is CSCCOC(=O)c1[nH]c2c(c1C)C(=O)CC(c1cccs1)C2. The van der Waals surface area contributed by atoms with Crippen molar-refractivity contribution in [2.75, 3.05) is 18.6 Å². The zero-order chi connectivity index (χ0) is 16.4. The van der Waals surface area contributed by atoms with Crippen molar-refractivity contribution in [3.05, 3.63) is 44.9 Å². The lowest BCUT2D eigenvalue weighted by atomic mass is 9.84. The van der Waals surface area contributed by atoms with Gasteiger partial charge in [0, 0.05) is 34.2 Å². The normalized spacial score (nSPS) is 17.1. The fourth-order valence-corrected chi connectivity index (χ4v) is 4.13. The molecule has 1 aliphatic carbocycles. The molecule has 3 rings (SSSR count). The number of aromatic amines is 1. The van der Waals surface area contributed by atoms with Gasteiger partial charge in [0.25, 0.3) is 0 Å². The summed E-state index contributed by atoms with van der Waals surface area (Å²) in [6, 6.07) is 4.08. The van der Waals surface area contributed by atoms with E-state index >= 15 is 0 Å². The summed E-state index contributed by atoms with van der Waals surface area (Å²) in [6.45, 7) is 2.21. The minimum Gasteiger partial charge on any atom is -0.460 e. The number of H-pyrrole nitrogens is 1. The fourth-order valence-electron chi connectivity index (χ4n) is 3.05. The minimum atomic E-state index is -0.369. The lowest BCUT2D eigenvalue weighted by molar-refractivity contribution is 0.0523. The number of ether oxygens (including phenoxy) is 1. The van der Waals surface area contributed by atoms with Crippen LogP contribution >= 0.6 is 23.1 Å². The molecule has 2 aromatic rings. The maximum atomic E-state index is 12.5. The van der Waals surface area contributed by atoms with E-state index in [1.54, 1.807) is 23.1 Å². The summed E-state index contributed by atoms with van der Waals surface area (Å²) < 4.78 is 5.26. The molecule has 0 saturated heterocycles. The van der Waals surface area contributed by atoms with E-state index in [4.69, 9.17) is 4.74 Å². The lowest BCUT2D eigenvalue weighted by Crippen LogP contribution is -2.17. The maximum absolute atomic E-state index is 12.5. The molecule has 0 saturated carbocycles. The van der Waals surface area contributed by atoms with Crippen LogP contribution in [0.2, 0.25) is 0 Å². The van der Waals surface area contributed by atoms with Gasteiger partial charge in [-0.05, 0) is 36.6 Å². The number of carbonyl (C=O) groups is 2. The first-order valence-corrected chi connectivity index (χ1v) is 9.83. The number of carbonyl (C=O) groups excluding carboxylic acids is 2. The minimum absolute atomic E-state index is 0.113. The van der Waals surface area contributed by atoms with Gasteiger partial charge in [0.05, 0.1) is 0 Å². The number of hydrogen-bond donors (Lipinski definition) is 1. The highest BCUT2D eigenvalue weighted by Gasteiger charge is 2.32. The van der Waals surface area contributed by atoms with Crippen LogP contribution < -0.4 is 0 Å². The Morgan fingerprint density at radius 3 is 3.00 bits per heavy atom. The van der Waals surface area contributed by atoms with E-state index in [9.17, 15) is 9.59 Å². The number of Topliss-reactive ketones (excluding diaryl/α,β-unsaturated/α-hetero) is 1. The van der Waals surface area contributed by atoms with Gasteiger partial charge >= 0.3 is 5.97 Å². The van der Waals surface area contributed by atoms with Crippen molar-refractivity contribution in [2.45, 2.75) is 25.7 Å². The molecule has 2 heterocycles. The molecule has 4 nitrogen and oxygen atoms in total. The van der Waals surface area contributed by atoms with E-state index in [0.29, 0.717) is 24.3 Å². The summed E-state index contributed by atoms with van der Waals surface area (Å²) in [4.78, 5) is 29.1. The molecule has 23 heavy (non-hydrogen) atoms. The number of fused-ring (bicyclic) bond motifs is 1. The van der Waals surface area contributed by atoms with Gasteiger partial charge in [-0.1, -0.05) is 6.07 Å². The van der Waals surface area contributed by atoms with E-state index in [-0.39, 0.29) is 17.7 Å². The van der Waals surface area contributed by atoms with Crippen molar-refractivity contribution < 1.29 is 14.3 Å². The largest absolute Gasteiger partial charge is 0.460 e. The van der Waals surface area contributed by atoms with Crippen LogP contribution in [0.1, 0.15) is 49.3 Å². The van der Waals surface area contributed by atoms with Gasteiger partial charge in [-0.2, -0.15) is 11.8 Å². The lowest BCUT2D eigenvalue weighted by Gasteiger charge is -2.20. The Morgan fingerprint density at radius 2 is 2.30 bits per heavy atom. The van der Waals surface area contributed by atoms with Crippen LogP contribution in [0.5, 0.6) is 0 Å². The van der Waals surface area contributed by atoms with E-state index in [1.807, 2.05) is 24.6 Å². The molecule has 1 N–H and O–H groups in total. The third-order valence-electron chi connectivity index (χ3n) is 4.16. The van der Waals surface area contributed by atoms with E-state index < -0.39 is 0 Å². The van der Waals surface area contributed by atoms with Gasteiger partial charge in [0.2, 0.25) is 0 Å². The van der Waals surface area contributed by atoms with Crippen molar-refractivity contribution in [1.29, 1.82) is 0 Å². The number of hydrogen-bond acceptors (Lipinski definition) is 5. The predicted molar refractivity (Wildman–Crippen MR) is 93.9 cm³/mol. The molecule has 6 heteroatoms. The zero-order valence-electron chi connectivity index (χ0n) is 13.2. The Morgan fingerprint density at radius 1 is 1.48 bits per heavy atom. The Labute approximate surface area is 143 Å². The Kier molecular flexibility index (Phi) is 4.92. The Hall–Kier alpha value is -1.53. The molecular weight excluding hydrogens is 330 g/mol. The van der Waals surface area contributed by atoms with Gasteiger partial charge in [-0.15, -0.1) is 11.3 Å². The molecule has 122 valence electrons. The number of aromatic nitrogens is 1. The Balaban J connectivity index is 1.84. The molecule has 2 aromatic heterocycles. The number of ketones is 1. The highest BCUT2D eigenvalue weighted by atomic mass is 32.2. The molecule has 0 aliphatic heterocycles. The summed E-state index contributed by atoms with van der Waals surface area (Å²) in [7, 11) is 0. The number of thioether (sulfide) groups is 1. The zero-order valence-corrected chi connectivity index (χ0v) is 14.8. The summed E-state index contributed by atoms with van der Waals surface area (Å²) in [6.07, 6.45) is 3.24. The molecule has 0 aromatic carbocycles. The van der Waals surface area contributed by atoms with Crippen molar-refractivity contribution in [3.63, 3.8) is 0 Å². The van der Waals surface area contributed by atoms with E-state index in [1.165, 1.54) is 4.88 Å². The van der Waals surface area contributed by atoms with Crippen LogP contribution in [0, 0.1) is 6.92 Å². The first-order chi connectivity index (χ1) is 11.1. The Bertz CT molecular complexity index is 719. The van der Waals surface area contributed by atoms with Gasteiger partial charge in [0.1, 0.15) is 12.3 Å². The van der Waals surface area contributed by atoms with E-state index in [0.717, 1.165) is 23.4 Å². The standard InChI is InChI=1S/C17H19NO3S2/c1-10-15-12(18-16(10)17(20)21-5-7-22-2)8-11(9-13(15)19)14-4-3-6-23-14/h3-4,6,11,18H,5,7-9H2,1-2H3. The smallest absolute Gasteiger partial charge is 0.355 e. The van der Waals surface area contributed by atoms with Gasteiger partial charge in [0.15, 0.2) is 5.78 Å². The molecule has 1 atom stereocenters. The van der Waals surface area contributed by atoms with Crippen LogP contribution in [0.25, 0.3) is 0 Å². The monoisotopic (exact) mass is 349 g/mol. The second-order valence-electron chi connectivity index (χ2n) is 5.65. The van der Waals surface area contributed by atoms with Crippen LogP contribution in [0.15, 0.2) is 17.5 Å². The van der Waals surface area contributed by atoms with Crippen molar-refractivity contribution in [3.8, 4) is 0 Å². The maximum Gasteiger partial charge on any atom is 0.355 e. The summed E-state index contributed by atoms with van der Waals surface area (Å²) >= 11 is 3.31. The van der Waals surface area contributed by atoms with Crippen LogP contribution in [-0.2, 0) is 11.2 Å². The van der Waals surface area contributed by atoms with Gasteiger partial charge in [-0.3, -0.25) is 4.79 Å². The average molecular weight is 349 g/mol. The highest BCUT2D eigenvalue weighted by Crippen LogP contribution is 2.36. The average Bonchev–Trinajstić information content (AvgIpc) is 3.15. The van der Waals surface area contributed by atoms with Gasteiger partial charge < -0.3 is 9.72 Å². The molecule has 0 fully saturated rings. The molecule has 0 amide bonds. The number of rotatable bonds is 5. The molecule has 0 bridgehead atoms. The third-order valence-corrected chi connectivity index (χ3v) is 5.77. The van der Waals surface area contributed by atoms with Crippen LogP contribution in [0.4, 0.5) is 0 Å². The molecule has 0 radical (unpaired) electrons. The van der Waals surface area contributed by atoms with E-state index in [2.05, 4.69) is 11.1 Å². The summed E-state index contributed by atoms with van der Waals surface area (Å²) in [5.41, 5.74) is 2.71. The van der Waals surface area contributed by atoms with Crippen LogP contribution in [0.3, 0.4) is 0 Å². The topological polar surface area (TPSA) is 59.2 Å². The van der Waals surface area contributed by atoms with Crippen LogP contribution in [-0.4, -0.2) is 35.4 Å². The quantitative estimate of drug-likeness (QED) is 0.658. The molecule has 1 unspecified atom stereocenters. The molecule has 0 spiro atoms. The highest BCUT2D eigenvalue weighted by molar-refractivity contribution is 7.98. The van der Waals surface area contributed by atoms with Crippen molar-refractivity contribution in [2.24, 2.45) is 0 Å². The van der Waals surface area contributed by atoms with Crippen molar-refractivity contribution in [1.82, 2.24) is 4.98 Å². The molecule has 1 aliphatic rings. The second-order valence-corrected chi connectivity index (χ2v) is 7.62. The third kappa shape index (κ3) is 3.23. The number of thiophene rings is 1. The van der Waals surface area contributed by atoms with Gasteiger partial charge in [-0.25, -0.2) is 4.79 Å². The molecular formula is C17H19NO3S2. The number of esters is 1. The fraction of sp³-hybridized carbons (Fsp3) is 0.412. The second kappa shape index (κ2) is 6.93. The first-order valence-electron chi connectivity index (χ1n) is 7.56. The number of nitrogens with one attached hydrogen (secondary N) is 1. The first kappa shape index (κ1) is 16.3.